The number of benzene rings is 1. The highest BCUT2D eigenvalue weighted by Crippen LogP contribution is 2.22. The maximum atomic E-state index is 5.84. The Morgan fingerprint density at radius 2 is 2.13 bits per heavy atom. The molecule has 0 aliphatic rings. The second-order valence-corrected chi connectivity index (χ2v) is 3.33. The third-order valence-corrected chi connectivity index (χ3v) is 2.26. The summed E-state index contributed by atoms with van der Waals surface area (Å²) in [4.78, 5) is 7.07. The van der Waals surface area contributed by atoms with Gasteiger partial charge in [0.25, 0.3) is 0 Å². The molecular formula is C12H14N2O. The molecule has 2 rings (SSSR count). The molecule has 1 heterocycles. The lowest BCUT2D eigenvalue weighted by Gasteiger charge is -2.15. The Kier molecular flexibility index (Phi) is 3.02. The lowest BCUT2D eigenvalue weighted by Crippen LogP contribution is -2.06. The Balaban J connectivity index is 2.10. The summed E-state index contributed by atoms with van der Waals surface area (Å²) < 4.78 is 5.84. The molecule has 0 fully saturated rings. The second kappa shape index (κ2) is 4.64. The molecule has 0 saturated heterocycles. The standard InChI is InChI=1S/C12H14N2O/c1-2-12(11-8-13-9-14-11)15-10-6-4-3-5-7-10/h3-9,12H,2H2,1H3,(H,13,14). The number of para-hydroxylation sites is 1. The molecule has 0 amide bonds. The van der Waals surface area contributed by atoms with Crippen LogP contribution in [0.4, 0.5) is 0 Å². The number of hydrogen-bond acceptors (Lipinski definition) is 2. The molecule has 0 aliphatic carbocycles. The van der Waals surface area contributed by atoms with Crippen LogP contribution in [0.25, 0.3) is 0 Å². The van der Waals surface area contributed by atoms with Crippen LogP contribution in [-0.2, 0) is 0 Å². The van der Waals surface area contributed by atoms with Crippen molar-refractivity contribution in [2.45, 2.75) is 19.4 Å². The number of nitrogens with zero attached hydrogens (tertiary/aromatic N) is 1. The van der Waals surface area contributed by atoms with E-state index < -0.39 is 0 Å². The van der Waals surface area contributed by atoms with E-state index in [0.717, 1.165) is 17.9 Å². The Bertz CT molecular complexity index is 383. The first-order chi connectivity index (χ1) is 7.40. The Morgan fingerprint density at radius 3 is 2.73 bits per heavy atom. The third-order valence-electron chi connectivity index (χ3n) is 2.26. The predicted molar refractivity (Wildman–Crippen MR) is 58.7 cm³/mol. The summed E-state index contributed by atoms with van der Waals surface area (Å²) >= 11 is 0. The van der Waals surface area contributed by atoms with E-state index in [-0.39, 0.29) is 6.10 Å². The van der Waals surface area contributed by atoms with E-state index in [4.69, 9.17) is 4.74 Å². The van der Waals surface area contributed by atoms with Crippen LogP contribution in [-0.4, -0.2) is 9.97 Å². The molecular weight excluding hydrogens is 188 g/mol. The molecule has 0 radical (unpaired) electrons. The largest absolute Gasteiger partial charge is 0.484 e. The Morgan fingerprint density at radius 1 is 1.33 bits per heavy atom. The maximum Gasteiger partial charge on any atom is 0.140 e. The van der Waals surface area contributed by atoms with Crippen molar-refractivity contribution in [2.24, 2.45) is 0 Å². The van der Waals surface area contributed by atoms with Gasteiger partial charge in [-0.3, -0.25) is 0 Å². The molecule has 1 unspecified atom stereocenters. The van der Waals surface area contributed by atoms with E-state index in [0.29, 0.717) is 0 Å². The van der Waals surface area contributed by atoms with Crippen LogP contribution >= 0.6 is 0 Å². The van der Waals surface area contributed by atoms with E-state index >= 15 is 0 Å². The molecule has 3 heteroatoms. The summed E-state index contributed by atoms with van der Waals surface area (Å²) in [7, 11) is 0. The van der Waals surface area contributed by atoms with Gasteiger partial charge in [-0.25, -0.2) is 4.98 Å². The first-order valence-electron chi connectivity index (χ1n) is 5.10. The Hall–Kier alpha value is -1.77. The smallest absolute Gasteiger partial charge is 0.140 e. The number of rotatable bonds is 4. The summed E-state index contributed by atoms with van der Waals surface area (Å²) in [6.07, 6.45) is 4.44. The van der Waals surface area contributed by atoms with Crippen molar-refractivity contribution in [3.63, 3.8) is 0 Å². The molecule has 15 heavy (non-hydrogen) atoms. The number of hydrogen-bond donors (Lipinski definition) is 1. The third kappa shape index (κ3) is 2.37. The van der Waals surface area contributed by atoms with Gasteiger partial charge in [0.15, 0.2) is 0 Å². The number of H-pyrrole nitrogens is 1. The average Bonchev–Trinajstić information content (AvgIpc) is 2.81. The van der Waals surface area contributed by atoms with Gasteiger partial charge in [-0.1, -0.05) is 25.1 Å². The molecule has 0 spiro atoms. The van der Waals surface area contributed by atoms with Crippen LogP contribution in [0.2, 0.25) is 0 Å². The monoisotopic (exact) mass is 202 g/mol. The maximum absolute atomic E-state index is 5.84. The summed E-state index contributed by atoms with van der Waals surface area (Å²) in [6.45, 7) is 2.09. The van der Waals surface area contributed by atoms with Crippen LogP contribution < -0.4 is 4.74 Å². The van der Waals surface area contributed by atoms with Crippen LogP contribution in [0.1, 0.15) is 25.1 Å². The van der Waals surface area contributed by atoms with Gasteiger partial charge < -0.3 is 9.72 Å². The molecule has 3 nitrogen and oxygen atoms in total. The molecule has 78 valence electrons. The molecule has 1 atom stereocenters. The van der Waals surface area contributed by atoms with Crippen molar-refractivity contribution in [1.82, 2.24) is 9.97 Å². The lowest BCUT2D eigenvalue weighted by atomic mass is 10.2. The quantitative estimate of drug-likeness (QED) is 0.827. The van der Waals surface area contributed by atoms with E-state index in [1.54, 1.807) is 12.5 Å². The van der Waals surface area contributed by atoms with Crippen molar-refractivity contribution in [3.8, 4) is 5.75 Å². The second-order valence-electron chi connectivity index (χ2n) is 3.33. The first-order valence-corrected chi connectivity index (χ1v) is 5.10. The van der Waals surface area contributed by atoms with Crippen LogP contribution in [0, 0.1) is 0 Å². The van der Waals surface area contributed by atoms with Crippen molar-refractivity contribution < 1.29 is 4.74 Å². The number of imidazole rings is 1. The van der Waals surface area contributed by atoms with Gasteiger partial charge in [-0.15, -0.1) is 0 Å². The highest BCUT2D eigenvalue weighted by Gasteiger charge is 2.11. The summed E-state index contributed by atoms with van der Waals surface area (Å²) in [5.74, 6) is 0.888. The fourth-order valence-corrected chi connectivity index (χ4v) is 1.47. The summed E-state index contributed by atoms with van der Waals surface area (Å²) in [5, 5.41) is 0. The zero-order chi connectivity index (χ0) is 10.5. The number of aromatic nitrogens is 2. The highest BCUT2D eigenvalue weighted by molar-refractivity contribution is 5.22. The molecule has 0 bridgehead atoms. The molecule has 2 aromatic rings. The van der Waals surface area contributed by atoms with Crippen molar-refractivity contribution in [3.05, 3.63) is 48.5 Å². The number of nitrogens with one attached hydrogen (secondary N) is 1. The molecule has 1 N–H and O–H groups in total. The van der Waals surface area contributed by atoms with Gasteiger partial charge in [-0.05, 0) is 18.6 Å². The van der Waals surface area contributed by atoms with Crippen molar-refractivity contribution >= 4 is 0 Å². The van der Waals surface area contributed by atoms with Crippen LogP contribution in [0.5, 0.6) is 5.75 Å². The molecule has 0 saturated carbocycles. The van der Waals surface area contributed by atoms with Crippen LogP contribution in [0.15, 0.2) is 42.9 Å². The number of ether oxygens (including phenoxy) is 1. The van der Waals surface area contributed by atoms with E-state index in [9.17, 15) is 0 Å². The Labute approximate surface area is 89.1 Å². The average molecular weight is 202 g/mol. The number of aromatic amines is 1. The predicted octanol–water partition coefficient (Wildman–Crippen LogP) is 2.94. The van der Waals surface area contributed by atoms with E-state index in [2.05, 4.69) is 16.9 Å². The SMILES string of the molecule is CCC(Oc1ccccc1)c1cnc[nH]1. The zero-order valence-electron chi connectivity index (χ0n) is 8.68. The molecule has 1 aromatic heterocycles. The lowest BCUT2D eigenvalue weighted by molar-refractivity contribution is 0.197. The van der Waals surface area contributed by atoms with E-state index in [1.807, 2.05) is 30.3 Å². The molecule has 1 aromatic carbocycles. The van der Waals surface area contributed by atoms with Gasteiger partial charge in [0.1, 0.15) is 11.9 Å². The minimum Gasteiger partial charge on any atom is -0.484 e. The fraction of sp³-hybridized carbons (Fsp3) is 0.250. The van der Waals surface area contributed by atoms with Crippen LogP contribution in [0.3, 0.4) is 0 Å². The minimum atomic E-state index is 0.0508. The zero-order valence-corrected chi connectivity index (χ0v) is 8.68. The first kappa shape index (κ1) is 9.77. The van der Waals surface area contributed by atoms with Gasteiger partial charge in [0.05, 0.1) is 18.2 Å². The van der Waals surface area contributed by atoms with Crippen molar-refractivity contribution in [2.75, 3.05) is 0 Å². The topological polar surface area (TPSA) is 37.9 Å². The fourth-order valence-electron chi connectivity index (χ4n) is 1.47. The normalized spacial score (nSPS) is 12.3. The minimum absolute atomic E-state index is 0.0508. The summed E-state index contributed by atoms with van der Waals surface area (Å²) in [6, 6.07) is 9.83. The van der Waals surface area contributed by atoms with Gasteiger partial charge in [0, 0.05) is 0 Å². The van der Waals surface area contributed by atoms with Gasteiger partial charge in [0.2, 0.25) is 0 Å². The van der Waals surface area contributed by atoms with Crippen molar-refractivity contribution in [1.29, 1.82) is 0 Å². The van der Waals surface area contributed by atoms with Gasteiger partial charge >= 0.3 is 0 Å². The summed E-state index contributed by atoms with van der Waals surface area (Å²) in [5.41, 5.74) is 1.02. The van der Waals surface area contributed by atoms with Gasteiger partial charge in [-0.2, -0.15) is 0 Å². The van der Waals surface area contributed by atoms with E-state index in [1.165, 1.54) is 0 Å². The highest BCUT2D eigenvalue weighted by atomic mass is 16.5. The molecule has 0 aliphatic heterocycles.